The summed E-state index contributed by atoms with van der Waals surface area (Å²) in [6.45, 7) is 6.69. The van der Waals surface area contributed by atoms with Crippen LogP contribution in [0.15, 0.2) is 67.4 Å². The van der Waals surface area contributed by atoms with Gasteiger partial charge in [0.2, 0.25) is 0 Å². The van der Waals surface area contributed by atoms with Crippen LogP contribution in [-0.4, -0.2) is 30.1 Å². The van der Waals surface area contributed by atoms with Crippen LogP contribution < -0.4 is 4.74 Å². The summed E-state index contributed by atoms with van der Waals surface area (Å²) >= 11 is 0. The number of methoxy groups -OCH3 is 1. The first-order valence-electron chi connectivity index (χ1n) is 8.31. The number of nitrogens with one attached hydrogen (secondary N) is 1. The third kappa shape index (κ3) is 3.87. The van der Waals surface area contributed by atoms with E-state index < -0.39 is 0 Å². The normalized spacial score (nSPS) is 11.1. The molecule has 0 unspecified atom stereocenters. The molecule has 0 saturated heterocycles. The summed E-state index contributed by atoms with van der Waals surface area (Å²) in [5, 5.41) is 1.32. The second-order valence-corrected chi connectivity index (χ2v) is 5.98. The Morgan fingerprint density at radius 1 is 1.12 bits per heavy atom. The van der Waals surface area contributed by atoms with Crippen LogP contribution in [0.2, 0.25) is 0 Å². The molecule has 0 aliphatic rings. The molecule has 1 N–H and O–H groups in total. The molecule has 0 amide bonds. The molecule has 0 aliphatic heterocycles. The average molecular weight is 320 g/mol. The average Bonchev–Trinajstić information content (AvgIpc) is 3.04. The van der Waals surface area contributed by atoms with E-state index in [-0.39, 0.29) is 0 Å². The number of aromatic nitrogens is 1. The maximum Gasteiger partial charge on any atom is 0.118 e. The van der Waals surface area contributed by atoms with E-state index in [1.54, 1.807) is 7.11 Å². The summed E-state index contributed by atoms with van der Waals surface area (Å²) in [5.74, 6) is 0.896. The van der Waals surface area contributed by atoms with Gasteiger partial charge < -0.3 is 9.72 Å². The van der Waals surface area contributed by atoms with Crippen molar-refractivity contribution >= 4 is 10.9 Å². The van der Waals surface area contributed by atoms with Gasteiger partial charge in [0, 0.05) is 36.7 Å². The van der Waals surface area contributed by atoms with Crippen molar-refractivity contribution < 1.29 is 4.74 Å². The molecule has 3 heteroatoms. The van der Waals surface area contributed by atoms with Crippen molar-refractivity contribution in [2.24, 2.45) is 0 Å². The van der Waals surface area contributed by atoms with Gasteiger partial charge in [0.25, 0.3) is 0 Å². The van der Waals surface area contributed by atoms with Crippen molar-refractivity contribution in [3.8, 4) is 5.75 Å². The van der Waals surface area contributed by atoms with E-state index in [1.165, 1.54) is 22.0 Å². The van der Waals surface area contributed by atoms with Gasteiger partial charge in [0.1, 0.15) is 5.75 Å². The fourth-order valence-corrected chi connectivity index (χ4v) is 3.02. The van der Waals surface area contributed by atoms with Crippen molar-refractivity contribution in [1.29, 1.82) is 0 Å². The molecule has 2 aromatic carbocycles. The van der Waals surface area contributed by atoms with Crippen molar-refractivity contribution in [2.75, 3.05) is 20.2 Å². The minimum atomic E-state index is 0.883. The molecule has 0 aliphatic carbocycles. The molecule has 0 fully saturated rings. The second kappa shape index (κ2) is 7.84. The second-order valence-electron chi connectivity index (χ2n) is 5.98. The minimum absolute atomic E-state index is 0.883. The van der Waals surface area contributed by atoms with Crippen LogP contribution in [0, 0.1) is 0 Å². The van der Waals surface area contributed by atoms with Gasteiger partial charge in [-0.2, -0.15) is 0 Å². The number of rotatable bonds is 8. The van der Waals surface area contributed by atoms with E-state index in [2.05, 4.69) is 59.1 Å². The highest BCUT2D eigenvalue weighted by atomic mass is 16.5. The minimum Gasteiger partial charge on any atom is -0.497 e. The summed E-state index contributed by atoms with van der Waals surface area (Å²) in [4.78, 5) is 5.77. The molecule has 0 radical (unpaired) electrons. The quantitative estimate of drug-likeness (QED) is 0.623. The zero-order chi connectivity index (χ0) is 16.8. The number of H-pyrrole nitrogens is 1. The molecule has 24 heavy (non-hydrogen) atoms. The van der Waals surface area contributed by atoms with Gasteiger partial charge in [-0.05, 0) is 35.7 Å². The van der Waals surface area contributed by atoms with Gasteiger partial charge in [-0.3, -0.25) is 4.90 Å². The number of benzene rings is 2. The molecule has 1 aromatic heterocycles. The molecule has 0 spiro atoms. The monoisotopic (exact) mass is 320 g/mol. The van der Waals surface area contributed by atoms with Gasteiger partial charge in [0.15, 0.2) is 0 Å². The zero-order valence-corrected chi connectivity index (χ0v) is 14.2. The Balaban J connectivity index is 1.66. The third-order valence-corrected chi connectivity index (χ3v) is 4.32. The smallest absolute Gasteiger partial charge is 0.118 e. The molecule has 3 nitrogen and oxygen atoms in total. The van der Waals surface area contributed by atoms with E-state index in [1.807, 2.05) is 18.2 Å². The van der Waals surface area contributed by atoms with Crippen LogP contribution in [0.4, 0.5) is 0 Å². The molecule has 1 heterocycles. The first-order chi connectivity index (χ1) is 11.8. The predicted molar refractivity (Wildman–Crippen MR) is 100 cm³/mol. The number of aromatic amines is 1. The lowest BCUT2D eigenvalue weighted by Gasteiger charge is -2.20. The Kier molecular flexibility index (Phi) is 5.34. The Morgan fingerprint density at radius 2 is 1.92 bits per heavy atom. The highest BCUT2D eigenvalue weighted by molar-refractivity contribution is 5.83. The van der Waals surface area contributed by atoms with Gasteiger partial charge in [-0.25, -0.2) is 0 Å². The number of hydrogen-bond donors (Lipinski definition) is 1. The first kappa shape index (κ1) is 16.3. The van der Waals surface area contributed by atoms with Crippen LogP contribution in [0.5, 0.6) is 5.75 Å². The Bertz CT molecular complexity index is 789. The van der Waals surface area contributed by atoms with Crippen molar-refractivity contribution in [3.05, 3.63) is 78.5 Å². The summed E-state index contributed by atoms with van der Waals surface area (Å²) in [7, 11) is 1.69. The zero-order valence-electron chi connectivity index (χ0n) is 14.2. The predicted octanol–water partition coefficient (Wildman–Crippen LogP) is 4.41. The summed E-state index contributed by atoms with van der Waals surface area (Å²) in [6, 6.07) is 16.7. The van der Waals surface area contributed by atoms with E-state index in [0.717, 1.165) is 31.8 Å². The van der Waals surface area contributed by atoms with E-state index in [4.69, 9.17) is 4.74 Å². The lowest BCUT2D eigenvalue weighted by Crippen LogP contribution is -2.25. The van der Waals surface area contributed by atoms with Gasteiger partial charge in [-0.1, -0.05) is 36.4 Å². The van der Waals surface area contributed by atoms with Crippen LogP contribution in [-0.2, 0) is 13.0 Å². The Labute approximate surface area is 143 Å². The van der Waals surface area contributed by atoms with Crippen molar-refractivity contribution in [2.45, 2.75) is 13.0 Å². The summed E-state index contributed by atoms with van der Waals surface area (Å²) in [5.41, 5.74) is 3.86. The highest BCUT2D eigenvalue weighted by Crippen LogP contribution is 2.19. The number of hydrogen-bond acceptors (Lipinski definition) is 2. The lowest BCUT2D eigenvalue weighted by molar-refractivity contribution is 0.298. The maximum absolute atomic E-state index is 5.23. The number of para-hydroxylation sites is 1. The molecule has 3 aromatic rings. The van der Waals surface area contributed by atoms with Gasteiger partial charge in [0.05, 0.1) is 7.11 Å². The fraction of sp³-hybridized carbons (Fsp3) is 0.238. The molecule has 0 bridgehead atoms. The SMILES string of the molecule is C=CCN(CCc1c[nH]c2ccccc12)Cc1ccc(OC)cc1. The summed E-state index contributed by atoms with van der Waals surface area (Å²) < 4.78 is 5.23. The Morgan fingerprint density at radius 3 is 2.67 bits per heavy atom. The van der Waals surface area contributed by atoms with Crippen LogP contribution >= 0.6 is 0 Å². The molecule has 124 valence electrons. The van der Waals surface area contributed by atoms with Crippen LogP contribution in [0.1, 0.15) is 11.1 Å². The standard InChI is InChI=1S/C21H24N2O/c1-3-13-23(16-17-8-10-19(24-2)11-9-17)14-12-18-15-22-21-7-5-4-6-20(18)21/h3-11,15,22H,1,12-14,16H2,2H3. The van der Waals surface area contributed by atoms with Gasteiger partial charge >= 0.3 is 0 Å². The van der Waals surface area contributed by atoms with Crippen molar-refractivity contribution in [1.82, 2.24) is 9.88 Å². The topological polar surface area (TPSA) is 28.3 Å². The number of fused-ring (bicyclic) bond motifs is 1. The lowest BCUT2D eigenvalue weighted by atomic mass is 10.1. The van der Waals surface area contributed by atoms with E-state index >= 15 is 0 Å². The molecule has 3 rings (SSSR count). The van der Waals surface area contributed by atoms with E-state index in [0.29, 0.717) is 0 Å². The molecule has 0 saturated carbocycles. The highest BCUT2D eigenvalue weighted by Gasteiger charge is 2.08. The van der Waals surface area contributed by atoms with Crippen LogP contribution in [0.25, 0.3) is 10.9 Å². The van der Waals surface area contributed by atoms with E-state index in [9.17, 15) is 0 Å². The largest absolute Gasteiger partial charge is 0.497 e. The first-order valence-corrected chi connectivity index (χ1v) is 8.31. The summed E-state index contributed by atoms with van der Waals surface area (Å²) in [6.07, 6.45) is 5.12. The fourth-order valence-electron chi connectivity index (χ4n) is 3.02. The molecular formula is C21H24N2O. The Hall–Kier alpha value is -2.52. The molecule has 0 atom stereocenters. The van der Waals surface area contributed by atoms with Gasteiger partial charge in [-0.15, -0.1) is 6.58 Å². The number of nitrogens with zero attached hydrogens (tertiary/aromatic N) is 1. The maximum atomic E-state index is 5.23. The number of ether oxygens (including phenoxy) is 1. The third-order valence-electron chi connectivity index (χ3n) is 4.32. The molecular weight excluding hydrogens is 296 g/mol. The van der Waals surface area contributed by atoms with Crippen molar-refractivity contribution in [3.63, 3.8) is 0 Å². The van der Waals surface area contributed by atoms with Crippen LogP contribution in [0.3, 0.4) is 0 Å².